The first-order valence-corrected chi connectivity index (χ1v) is 7.93. The van der Waals surface area contributed by atoms with E-state index in [4.69, 9.17) is 13.7 Å². The van der Waals surface area contributed by atoms with Gasteiger partial charge in [-0.2, -0.15) is 8.42 Å². The van der Waals surface area contributed by atoms with E-state index >= 15 is 0 Å². The normalized spacial score (nSPS) is 24.1. The fourth-order valence-electron chi connectivity index (χ4n) is 1.63. The second-order valence-electron chi connectivity index (χ2n) is 3.99. The van der Waals surface area contributed by atoms with E-state index < -0.39 is 22.3 Å². The molecule has 0 spiro atoms. The molecule has 0 amide bonds. The molecule has 1 saturated heterocycles. The van der Waals surface area contributed by atoms with Gasteiger partial charge in [0.05, 0.1) is 19.5 Å². The van der Waals surface area contributed by atoms with Gasteiger partial charge in [0.1, 0.15) is 11.9 Å². The molecule has 2 atom stereocenters. The monoisotopic (exact) mass is 336 g/mol. The molecule has 100 valence electrons. The third kappa shape index (κ3) is 3.94. The maximum absolute atomic E-state index is 11.1. The zero-order valence-electron chi connectivity index (χ0n) is 9.71. The van der Waals surface area contributed by atoms with Crippen molar-refractivity contribution in [2.45, 2.75) is 12.2 Å². The number of hydrogen-bond acceptors (Lipinski definition) is 5. The van der Waals surface area contributed by atoms with Gasteiger partial charge in [0.2, 0.25) is 0 Å². The highest BCUT2D eigenvalue weighted by atomic mass is 79.9. The lowest BCUT2D eigenvalue weighted by Crippen LogP contribution is -2.34. The highest BCUT2D eigenvalue weighted by molar-refractivity contribution is 9.10. The Morgan fingerprint density at radius 1 is 1.22 bits per heavy atom. The van der Waals surface area contributed by atoms with Gasteiger partial charge in [0, 0.05) is 4.47 Å². The molecule has 0 unspecified atom stereocenters. The van der Waals surface area contributed by atoms with Crippen LogP contribution >= 0.6 is 15.9 Å². The largest absolute Gasteiger partial charge is 0.485 e. The van der Waals surface area contributed by atoms with Crippen molar-refractivity contribution in [1.82, 2.24) is 0 Å². The zero-order chi connectivity index (χ0) is 13.2. The summed E-state index contributed by atoms with van der Waals surface area (Å²) in [4.78, 5) is 0. The van der Waals surface area contributed by atoms with Crippen LogP contribution in [0.5, 0.6) is 5.75 Å². The summed E-state index contributed by atoms with van der Waals surface area (Å²) in [6.07, 6.45) is 0.00620. The van der Waals surface area contributed by atoms with Crippen LogP contribution in [0.4, 0.5) is 0 Å². The maximum Gasteiger partial charge on any atom is 0.264 e. The maximum atomic E-state index is 11.1. The smallest absolute Gasteiger partial charge is 0.264 e. The van der Waals surface area contributed by atoms with Crippen LogP contribution in [0.3, 0.4) is 0 Å². The SMILES string of the molecule is CS(=O)(=O)O[C@H]1COC[C@@H]1Oc1ccc(Br)cc1. The summed E-state index contributed by atoms with van der Waals surface area (Å²) in [5.41, 5.74) is 0. The molecule has 0 saturated carbocycles. The topological polar surface area (TPSA) is 61.8 Å². The second kappa shape index (κ2) is 5.56. The Labute approximate surface area is 114 Å². The number of rotatable bonds is 4. The van der Waals surface area contributed by atoms with E-state index in [0.29, 0.717) is 12.4 Å². The summed E-state index contributed by atoms with van der Waals surface area (Å²) >= 11 is 3.33. The van der Waals surface area contributed by atoms with E-state index in [2.05, 4.69) is 15.9 Å². The van der Waals surface area contributed by atoms with Gasteiger partial charge < -0.3 is 9.47 Å². The molecule has 0 aromatic heterocycles. The quantitative estimate of drug-likeness (QED) is 0.781. The molecular formula is C11H13BrO5S. The predicted molar refractivity (Wildman–Crippen MR) is 69.1 cm³/mol. The summed E-state index contributed by atoms with van der Waals surface area (Å²) in [5, 5.41) is 0. The summed E-state index contributed by atoms with van der Waals surface area (Å²) in [6.45, 7) is 0.532. The molecule has 1 aromatic carbocycles. The number of ether oxygens (including phenoxy) is 2. The van der Waals surface area contributed by atoms with Crippen LogP contribution in [0.25, 0.3) is 0 Å². The molecular weight excluding hydrogens is 324 g/mol. The Hall–Kier alpha value is -0.630. The van der Waals surface area contributed by atoms with Gasteiger partial charge >= 0.3 is 0 Å². The van der Waals surface area contributed by atoms with Crippen LogP contribution in [0, 0.1) is 0 Å². The van der Waals surface area contributed by atoms with Crippen molar-refractivity contribution in [3.8, 4) is 5.75 Å². The molecule has 1 fully saturated rings. The first-order valence-electron chi connectivity index (χ1n) is 5.32. The third-order valence-corrected chi connectivity index (χ3v) is 3.50. The minimum atomic E-state index is -3.51. The molecule has 2 rings (SSSR count). The van der Waals surface area contributed by atoms with Crippen LogP contribution in [-0.4, -0.2) is 40.1 Å². The van der Waals surface area contributed by atoms with Crippen molar-refractivity contribution >= 4 is 26.0 Å². The Bertz CT molecular complexity index is 499. The first-order chi connectivity index (χ1) is 8.44. The molecule has 1 aromatic rings. The van der Waals surface area contributed by atoms with Crippen LogP contribution in [0.1, 0.15) is 0 Å². The Morgan fingerprint density at radius 3 is 2.44 bits per heavy atom. The lowest BCUT2D eigenvalue weighted by Gasteiger charge is -2.18. The zero-order valence-corrected chi connectivity index (χ0v) is 12.1. The lowest BCUT2D eigenvalue weighted by molar-refractivity contribution is 0.0967. The van der Waals surface area contributed by atoms with Crippen molar-refractivity contribution in [1.29, 1.82) is 0 Å². The van der Waals surface area contributed by atoms with Gasteiger partial charge in [-0.1, -0.05) is 15.9 Å². The lowest BCUT2D eigenvalue weighted by atomic mass is 10.2. The van der Waals surface area contributed by atoms with Gasteiger partial charge in [0.25, 0.3) is 10.1 Å². The van der Waals surface area contributed by atoms with Crippen molar-refractivity contribution in [3.05, 3.63) is 28.7 Å². The van der Waals surface area contributed by atoms with E-state index in [1.54, 1.807) is 12.1 Å². The average molecular weight is 337 g/mol. The summed E-state index contributed by atoms with van der Waals surface area (Å²) in [6, 6.07) is 7.27. The van der Waals surface area contributed by atoms with Gasteiger partial charge in [-0.05, 0) is 24.3 Å². The number of benzene rings is 1. The molecule has 0 radical (unpaired) electrons. The summed E-state index contributed by atoms with van der Waals surface area (Å²) in [5.74, 6) is 0.649. The highest BCUT2D eigenvalue weighted by Gasteiger charge is 2.33. The van der Waals surface area contributed by atoms with E-state index in [1.165, 1.54) is 0 Å². The molecule has 1 heterocycles. The van der Waals surface area contributed by atoms with Gasteiger partial charge in [0.15, 0.2) is 6.10 Å². The number of hydrogen-bond donors (Lipinski definition) is 0. The Balaban J connectivity index is 2.01. The fourth-order valence-corrected chi connectivity index (χ4v) is 2.52. The van der Waals surface area contributed by atoms with Gasteiger partial charge in [-0.15, -0.1) is 0 Å². The molecule has 1 aliphatic rings. The molecule has 1 aliphatic heterocycles. The van der Waals surface area contributed by atoms with Crippen LogP contribution in [-0.2, 0) is 19.0 Å². The van der Waals surface area contributed by atoms with Crippen molar-refractivity contribution in [2.75, 3.05) is 19.5 Å². The second-order valence-corrected chi connectivity index (χ2v) is 6.50. The van der Waals surface area contributed by atoms with Crippen molar-refractivity contribution < 1.29 is 22.1 Å². The average Bonchev–Trinajstić information content (AvgIpc) is 2.67. The minimum Gasteiger partial charge on any atom is -0.485 e. The fraction of sp³-hybridized carbons (Fsp3) is 0.455. The van der Waals surface area contributed by atoms with E-state index in [9.17, 15) is 8.42 Å². The predicted octanol–water partition coefficient (Wildman–Crippen LogP) is 1.57. The molecule has 0 N–H and O–H groups in total. The first kappa shape index (κ1) is 13.8. The van der Waals surface area contributed by atoms with E-state index in [-0.39, 0.29) is 6.61 Å². The number of halogens is 1. The molecule has 0 bridgehead atoms. The molecule has 18 heavy (non-hydrogen) atoms. The molecule has 7 heteroatoms. The Morgan fingerprint density at radius 2 is 1.83 bits per heavy atom. The van der Waals surface area contributed by atoms with E-state index in [0.717, 1.165) is 10.7 Å². The Kier molecular flexibility index (Phi) is 4.26. The van der Waals surface area contributed by atoms with Gasteiger partial charge in [-0.3, -0.25) is 4.18 Å². The molecule has 0 aliphatic carbocycles. The van der Waals surface area contributed by atoms with E-state index in [1.807, 2.05) is 12.1 Å². The highest BCUT2D eigenvalue weighted by Crippen LogP contribution is 2.21. The minimum absolute atomic E-state index is 0.217. The molecule has 5 nitrogen and oxygen atoms in total. The standard InChI is InChI=1S/C11H13BrO5S/c1-18(13,14)17-11-7-15-6-10(11)16-9-4-2-8(12)3-5-9/h2-5,10-11H,6-7H2,1H3/t10-,11-/m0/s1. The van der Waals surface area contributed by atoms with Gasteiger partial charge in [-0.25, -0.2) is 0 Å². The van der Waals surface area contributed by atoms with Crippen LogP contribution < -0.4 is 4.74 Å². The van der Waals surface area contributed by atoms with Crippen LogP contribution in [0.15, 0.2) is 28.7 Å². The third-order valence-electron chi connectivity index (χ3n) is 2.38. The van der Waals surface area contributed by atoms with Crippen molar-refractivity contribution in [3.63, 3.8) is 0 Å². The summed E-state index contributed by atoms with van der Waals surface area (Å²) in [7, 11) is -3.51. The van der Waals surface area contributed by atoms with Crippen LogP contribution in [0.2, 0.25) is 0 Å². The van der Waals surface area contributed by atoms with Crippen molar-refractivity contribution in [2.24, 2.45) is 0 Å². The summed E-state index contributed by atoms with van der Waals surface area (Å²) < 4.78 is 38.9.